The number of carbonyl (C=O) groups excluding carboxylic acids is 1. The molecule has 0 amide bonds. The van der Waals surface area contributed by atoms with Gasteiger partial charge in [-0.2, -0.15) is 13.2 Å². The summed E-state index contributed by atoms with van der Waals surface area (Å²) in [4.78, 5) is 24.3. The molecule has 132 valence electrons. The fourth-order valence-corrected chi connectivity index (χ4v) is 2.46. The first-order chi connectivity index (χ1) is 12.3. The van der Waals surface area contributed by atoms with E-state index in [9.17, 15) is 18.0 Å². The molecule has 3 aromatic rings. The van der Waals surface area contributed by atoms with Crippen LogP contribution in [0.4, 0.5) is 19.0 Å². The molecular weight excluding hydrogens is 369 g/mol. The monoisotopic (exact) mass is 378 g/mol. The molecule has 2 heterocycles. The molecule has 0 radical (unpaired) electrons. The molecule has 0 atom stereocenters. The van der Waals surface area contributed by atoms with Crippen LogP contribution in [0.5, 0.6) is 0 Å². The van der Waals surface area contributed by atoms with Gasteiger partial charge in [0.25, 0.3) is 0 Å². The summed E-state index contributed by atoms with van der Waals surface area (Å²) in [6, 6.07) is 6.40. The lowest BCUT2D eigenvalue weighted by Gasteiger charge is -2.11. The average molecular weight is 379 g/mol. The third kappa shape index (κ3) is 3.50. The number of rotatable bonds is 3. The Bertz CT molecular complexity index is 977. The molecule has 2 N–H and O–H groups in total. The van der Waals surface area contributed by atoms with Crippen molar-refractivity contribution in [1.82, 2.24) is 15.0 Å². The summed E-state index contributed by atoms with van der Waals surface area (Å²) in [7, 11) is 0. The van der Waals surface area contributed by atoms with E-state index in [1.54, 1.807) is 6.07 Å². The molecule has 0 saturated heterocycles. The predicted octanol–water partition coefficient (Wildman–Crippen LogP) is 4.02. The Balaban J connectivity index is 2.07. The van der Waals surface area contributed by atoms with Gasteiger partial charge in [-0.3, -0.25) is 9.78 Å². The van der Waals surface area contributed by atoms with Crippen LogP contribution in [0, 0.1) is 0 Å². The molecule has 0 unspecified atom stereocenters. The van der Waals surface area contributed by atoms with Crippen molar-refractivity contribution in [2.45, 2.75) is 6.18 Å². The van der Waals surface area contributed by atoms with Crippen LogP contribution in [0.3, 0.4) is 0 Å². The van der Waals surface area contributed by atoms with Gasteiger partial charge in [-0.05, 0) is 24.3 Å². The quantitative estimate of drug-likeness (QED) is 0.696. The number of halogens is 4. The Hall–Kier alpha value is -3.00. The summed E-state index contributed by atoms with van der Waals surface area (Å²) >= 11 is 5.62. The van der Waals surface area contributed by atoms with Crippen molar-refractivity contribution in [3.8, 4) is 11.3 Å². The Morgan fingerprint density at radius 2 is 1.92 bits per heavy atom. The minimum atomic E-state index is -4.62. The molecule has 0 fully saturated rings. The van der Waals surface area contributed by atoms with Crippen molar-refractivity contribution in [1.29, 1.82) is 0 Å². The van der Waals surface area contributed by atoms with Crippen LogP contribution in [0.2, 0.25) is 5.02 Å². The van der Waals surface area contributed by atoms with Gasteiger partial charge in [0.1, 0.15) is 0 Å². The first-order valence-corrected chi connectivity index (χ1v) is 7.59. The van der Waals surface area contributed by atoms with Gasteiger partial charge < -0.3 is 5.73 Å². The Kier molecular flexibility index (Phi) is 4.60. The highest BCUT2D eigenvalue weighted by atomic mass is 35.5. The maximum atomic E-state index is 13.0. The second-order valence-electron chi connectivity index (χ2n) is 5.25. The molecule has 2 aromatic heterocycles. The summed E-state index contributed by atoms with van der Waals surface area (Å²) in [5, 5.41) is -0.434. The normalized spacial score (nSPS) is 11.4. The van der Waals surface area contributed by atoms with Crippen LogP contribution in [0.15, 0.2) is 48.9 Å². The highest BCUT2D eigenvalue weighted by Crippen LogP contribution is 2.37. The van der Waals surface area contributed by atoms with Crippen molar-refractivity contribution in [3.05, 3.63) is 70.8 Å². The standard InChI is InChI=1S/C17H10ClF3N4O/c18-12-4-3-9(6-11(12)17(19,20)21)13-8-24-16(22)14(25-13)15(26)10-2-1-5-23-7-10/h1-8H,(H2,22,24). The van der Waals surface area contributed by atoms with E-state index < -0.39 is 22.5 Å². The number of hydrogen-bond donors (Lipinski definition) is 1. The first-order valence-electron chi connectivity index (χ1n) is 7.21. The number of pyridine rings is 1. The second kappa shape index (κ2) is 6.72. The van der Waals surface area contributed by atoms with Gasteiger partial charge in [-0.15, -0.1) is 0 Å². The highest BCUT2D eigenvalue weighted by Gasteiger charge is 2.33. The molecule has 5 nitrogen and oxygen atoms in total. The van der Waals surface area contributed by atoms with E-state index in [1.807, 2.05) is 0 Å². The van der Waals surface area contributed by atoms with Crippen molar-refractivity contribution in [3.63, 3.8) is 0 Å². The van der Waals surface area contributed by atoms with Crippen LogP contribution in [0.25, 0.3) is 11.3 Å². The number of carbonyl (C=O) groups is 1. The third-order valence-electron chi connectivity index (χ3n) is 3.51. The lowest BCUT2D eigenvalue weighted by Crippen LogP contribution is -2.11. The molecule has 0 spiro atoms. The number of aromatic nitrogens is 3. The van der Waals surface area contributed by atoms with E-state index in [2.05, 4.69) is 15.0 Å². The minimum absolute atomic E-state index is 0.0635. The van der Waals surface area contributed by atoms with Crippen LogP contribution < -0.4 is 5.73 Å². The molecule has 0 saturated carbocycles. The SMILES string of the molecule is Nc1ncc(-c2ccc(Cl)c(C(F)(F)F)c2)nc1C(=O)c1cccnc1. The van der Waals surface area contributed by atoms with Crippen LogP contribution in [-0.4, -0.2) is 20.7 Å². The van der Waals surface area contributed by atoms with E-state index in [0.29, 0.717) is 0 Å². The van der Waals surface area contributed by atoms with Gasteiger partial charge >= 0.3 is 6.18 Å². The molecule has 0 aliphatic heterocycles. The zero-order valence-corrected chi connectivity index (χ0v) is 13.7. The van der Waals surface area contributed by atoms with E-state index >= 15 is 0 Å². The Labute approximate surface area is 150 Å². The zero-order valence-electron chi connectivity index (χ0n) is 13.0. The van der Waals surface area contributed by atoms with Crippen LogP contribution in [-0.2, 0) is 6.18 Å². The number of alkyl halides is 3. The summed E-state index contributed by atoms with van der Waals surface area (Å²) in [6.07, 6.45) is -0.601. The Morgan fingerprint density at radius 3 is 2.58 bits per heavy atom. The number of ketones is 1. The van der Waals surface area contributed by atoms with Crippen LogP contribution in [0.1, 0.15) is 21.6 Å². The molecule has 0 aliphatic carbocycles. The molecule has 26 heavy (non-hydrogen) atoms. The van der Waals surface area contributed by atoms with Crippen LogP contribution >= 0.6 is 11.6 Å². The van der Waals surface area contributed by atoms with Crippen molar-refractivity contribution in [2.24, 2.45) is 0 Å². The summed E-state index contributed by atoms with van der Waals surface area (Å²) < 4.78 is 39.1. The molecule has 1 aromatic carbocycles. The van der Waals surface area contributed by atoms with E-state index in [0.717, 1.165) is 12.1 Å². The van der Waals surface area contributed by atoms with Crippen molar-refractivity contribution < 1.29 is 18.0 Å². The maximum absolute atomic E-state index is 13.0. The number of nitrogen functional groups attached to an aromatic ring is 1. The topological polar surface area (TPSA) is 81.8 Å². The number of benzene rings is 1. The van der Waals surface area contributed by atoms with E-state index in [1.165, 1.54) is 30.7 Å². The minimum Gasteiger partial charge on any atom is -0.382 e. The predicted molar refractivity (Wildman–Crippen MR) is 89.6 cm³/mol. The zero-order chi connectivity index (χ0) is 18.9. The highest BCUT2D eigenvalue weighted by molar-refractivity contribution is 6.31. The number of nitrogens with zero attached hydrogens (tertiary/aromatic N) is 3. The van der Waals surface area contributed by atoms with E-state index in [-0.39, 0.29) is 28.3 Å². The number of hydrogen-bond acceptors (Lipinski definition) is 5. The summed E-state index contributed by atoms with van der Waals surface area (Å²) in [5.41, 5.74) is 4.94. The van der Waals surface area contributed by atoms with Crippen molar-refractivity contribution in [2.75, 3.05) is 5.73 Å². The van der Waals surface area contributed by atoms with Gasteiger partial charge in [-0.1, -0.05) is 17.7 Å². The number of nitrogens with two attached hydrogens (primary N) is 1. The summed E-state index contributed by atoms with van der Waals surface area (Å²) in [6.45, 7) is 0. The smallest absolute Gasteiger partial charge is 0.382 e. The lowest BCUT2D eigenvalue weighted by molar-refractivity contribution is -0.137. The number of anilines is 1. The lowest BCUT2D eigenvalue weighted by atomic mass is 10.1. The molecule has 0 bridgehead atoms. The second-order valence-corrected chi connectivity index (χ2v) is 5.66. The van der Waals surface area contributed by atoms with Crippen molar-refractivity contribution >= 4 is 23.2 Å². The molecule has 9 heteroatoms. The van der Waals surface area contributed by atoms with Gasteiger partial charge in [0.05, 0.1) is 22.5 Å². The van der Waals surface area contributed by atoms with Gasteiger partial charge in [0.2, 0.25) is 5.78 Å². The fraction of sp³-hybridized carbons (Fsp3) is 0.0588. The third-order valence-corrected chi connectivity index (χ3v) is 3.84. The summed E-state index contributed by atoms with van der Waals surface area (Å²) in [5.74, 6) is -0.664. The average Bonchev–Trinajstić information content (AvgIpc) is 2.62. The van der Waals surface area contributed by atoms with Gasteiger partial charge in [-0.25, -0.2) is 9.97 Å². The first kappa shape index (κ1) is 17.8. The molecular formula is C17H10ClF3N4O. The maximum Gasteiger partial charge on any atom is 0.417 e. The molecule has 0 aliphatic rings. The molecule has 3 rings (SSSR count). The van der Waals surface area contributed by atoms with Gasteiger partial charge in [0.15, 0.2) is 11.5 Å². The Morgan fingerprint density at radius 1 is 1.15 bits per heavy atom. The fourth-order valence-electron chi connectivity index (χ4n) is 2.24. The largest absolute Gasteiger partial charge is 0.417 e. The van der Waals surface area contributed by atoms with E-state index in [4.69, 9.17) is 17.3 Å². The van der Waals surface area contributed by atoms with Gasteiger partial charge in [0, 0.05) is 23.5 Å².